The highest BCUT2D eigenvalue weighted by molar-refractivity contribution is 7.89. The van der Waals surface area contributed by atoms with Gasteiger partial charge in [-0.2, -0.15) is 4.31 Å². The van der Waals surface area contributed by atoms with E-state index in [0.29, 0.717) is 42.9 Å². The van der Waals surface area contributed by atoms with E-state index in [1.54, 1.807) is 11.8 Å². The van der Waals surface area contributed by atoms with Crippen molar-refractivity contribution in [3.8, 4) is 0 Å². The maximum absolute atomic E-state index is 13.3. The van der Waals surface area contributed by atoms with Crippen LogP contribution in [0, 0.1) is 11.7 Å². The molecular weight excluding hydrogens is 509 g/mol. The van der Waals surface area contributed by atoms with Crippen molar-refractivity contribution in [1.82, 2.24) is 9.21 Å². The van der Waals surface area contributed by atoms with Gasteiger partial charge in [-0.15, -0.1) is 11.3 Å². The average molecular weight is 538 g/mol. The standard InChI is InChI=1S/C24H28FN3O6S2/c1-3-34-24(31)21-19-10-12-27(15(2)29)14-20(19)35-23(21)26-22(30)16-5-4-11-28(13-16)36(32,33)18-8-6-17(25)7-9-18/h6-9,16H,3-5,10-14H2,1-2H3,(H,26,30). The number of hydrogen-bond donors (Lipinski definition) is 1. The van der Waals surface area contributed by atoms with Crippen LogP contribution in [0.25, 0.3) is 0 Å². The lowest BCUT2D eigenvalue weighted by molar-refractivity contribution is -0.129. The number of ether oxygens (including phenoxy) is 1. The van der Waals surface area contributed by atoms with E-state index in [0.717, 1.165) is 22.6 Å². The monoisotopic (exact) mass is 537 g/mol. The molecule has 9 nitrogen and oxygen atoms in total. The van der Waals surface area contributed by atoms with Crippen molar-refractivity contribution in [2.45, 2.75) is 44.6 Å². The van der Waals surface area contributed by atoms with Crippen LogP contribution < -0.4 is 5.32 Å². The Balaban J connectivity index is 1.55. The first kappa shape index (κ1) is 26.2. The topological polar surface area (TPSA) is 113 Å². The number of carbonyl (C=O) groups is 3. The Hall–Kier alpha value is -2.83. The third kappa shape index (κ3) is 5.30. The maximum atomic E-state index is 13.3. The van der Waals surface area contributed by atoms with E-state index in [4.69, 9.17) is 4.74 Å². The van der Waals surface area contributed by atoms with Crippen molar-refractivity contribution in [1.29, 1.82) is 0 Å². The van der Waals surface area contributed by atoms with Crippen molar-refractivity contribution in [2.75, 3.05) is 31.6 Å². The highest BCUT2D eigenvalue weighted by Crippen LogP contribution is 2.38. The van der Waals surface area contributed by atoms with Gasteiger partial charge in [0.2, 0.25) is 21.8 Å². The van der Waals surface area contributed by atoms with E-state index in [1.807, 2.05) is 0 Å². The van der Waals surface area contributed by atoms with Gasteiger partial charge in [0, 0.05) is 31.4 Å². The SMILES string of the molecule is CCOC(=O)c1c(NC(=O)C2CCCN(S(=O)(=O)c3ccc(F)cc3)C2)sc2c1CCN(C(C)=O)C2. The summed E-state index contributed by atoms with van der Waals surface area (Å²) < 4.78 is 45.8. The van der Waals surface area contributed by atoms with Gasteiger partial charge in [0.1, 0.15) is 10.8 Å². The molecule has 0 radical (unpaired) electrons. The van der Waals surface area contributed by atoms with Crippen LogP contribution in [0.4, 0.5) is 9.39 Å². The number of rotatable bonds is 6. The molecule has 2 aliphatic heterocycles. The molecule has 4 rings (SSSR count). The van der Waals surface area contributed by atoms with Crippen LogP contribution in [0.2, 0.25) is 0 Å². The van der Waals surface area contributed by atoms with E-state index in [9.17, 15) is 27.2 Å². The number of halogens is 1. The predicted octanol–water partition coefficient (Wildman–Crippen LogP) is 3.01. The first-order valence-electron chi connectivity index (χ1n) is 11.8. The molecule has 1 saturated heterocycles. The summed E-state index contributed by atoms with van der Waals surface area (Å²) in [7, 11) is -3.89. The molecule has 3 heterocycles. The van der Waals surface area contributed by atoms with Gasteiger partial charge < -0.3 is 15.0 Å². The molecule has 0 bridgehead atoms. The molecule has 2 aliphatic rings. The molecule has 1 aromatic carbocycles. The summed E-state index contributed by atoms with van der Waals surface area (Å²) in [6.07, 6.45) is 1.44. The second-order valence-electron chi connectivity index (χ2n) is 8.76. The lowest BCUT2D eigenvalue weighted by Gasteiger charge is -2.31. The lowest BCUT2D eigenvalue weighted by Crippen LogP contribution is -2.43. The Morgan fingerprint density at radius 1 is 1.19 bits per heavy atom. The molecule has 1 atom stereocenters. The van der Waals surface area contributed by atoms with E-state index >= 15 is 0 Å². The summed E-state index contributed by atoms with van der Waals surface area (Å²) >= 11 is 1.24. The molecule has 1 aromatic heterocycles. The Kier molecular flexibility index (Phi) is 7.76. The van der Waals surface area contributed by atoms with E-state index in [1.165, 1.54) is 34.7 Å². The summed E-state index contributed by atoms with van der Waals surface area (Å²) in [6, 6.07) is 4.59. The summed E-state index contributed by atoms with van der Waals surface area (Å²) in [6.45, 7) is 4.42. The molecule has 0 aliphatic carbocycles. The number of nitrogens with one attached hydrogen (secondary N) is 1. The molecule has 2 amide bonds. The number of benzene rings is 1. The van der Waals surface area contributed by atoms with Crippen LogP contribution in [-0.2, 0) is 37.3 Å². The van der Waals surface area contributed by atoms with Crippen LogP contribution >= 0.6 is 11.3 Å². The Labute approximate surface area is 213 Å². The van der Waals surface area contributed by atoms with Crippen molar-refractivity contribution in [3.63, 3.8) is 0 Å². The number of sulfonamides is 1. The lowest BCUT2D eigenvalue weighted by atomic mass is 9.98. The Morgan fingerprint density at radius 3 is 2.58 bits per heavy atom. The molecule has 2 aromatic rings. The van der Waals surface area contributed by atoms with Gasteiger partial charge in [0.25, 0.3) is 0 Å². The number of hydrogen-bond acceptors (Lipinski definition) is 7. The number of nitrogens with zero attached hydrogens (tertiary/aromatic N) is 2. The second-order valence-corrected chi connectivity index (χ2v) is 11.8. The quantitative estimate of drug-likeness (QED) is 0.567. The fraction of sp³-hybridized carbons (Fsp3) is 0.458. The third-order valence-corrected chi connectivity index (χ3v) is 9.44. The second kappa shape index (κ2) is 10.7. The zero-order valence-electron chi connectivity index (χ0n) is 20.1. The minimum absolute atomic E-state index is 0.0243. The van der Waals surface area contributed by atoms with Gasteiger partial charge >= 0.3 is 5.97 Å². The first-order chi connectivity index (χ1) is 17.1. The molecule has 1 fully saturated rings. The van der Waals surface area contributed by atoms with Gasteiger partial charge in [-0.3, -0.25) is 9.59 Å². The number of carbonyl (C=O) groups excluding carboxylic acids is 3. The smallest absolute Gasteiger partial charge is 0.341 e. The first-order valence-corrected chi connectivity index (χ1v) is 14.0. The largest absolute Gasteiger partial charge is 0.462 e. The number of fused-ring (bicyclic) bond motifs is 1. The van der Waals surface area contributed by atoms with E-state index < -0.39 is 27.7 Å². The fourth-order valence-corrected chi connectivity index (χ4v) is 7.30. The van der Waals surface area contributed by atoms with Crippen LogP contribution in [-0.4, -0.2) is 61.6 Å². The van der Waals surface area contributed by atoms with Crippen molar-refractivity contribution in [2.24, 2.45) is 5.92 Å². The minimum Gasteiger partial charge on any atom is -0.462 e. The molecule has 12 heteroatoms. The number of amides is 2. The molecule has 1 unspecified atom stereocenters. The van der Waals surface area contributed by atoms with Crippen LogP contribution in [0.5, 0.6) is 0 Å². The molecule has 0 spiro atoms. The van der Waals surface area contributed by atoms with Gasteiger partial charge in [0.05, 0.1) is 29.5 Å². The van der Waals surface area contributed by atoms with E-state index in [2.05, 4.69) is 5.32 Å². The number of esters is 1. The summed E-state index contributed by atoms with van der Waals surface area (Å²) in [5.41, 5.74) is 1.08. The van der Waals surface area contributed by atoms with E-state index in [-0.39, 0.29) is 36.4 Å². The van der Waals surface area contributed by atoms with Gasteiger partial charge in [0.15, 0.2) is 0 Å². The minimum atomic E-state index is -3.89. The molecule has 194 valence electrons. The molecule has 1 N–H and O–H groups in total. The van der Waals surface area contributed by atoms with Crippen molar-refractivity contribution < 1.29 is 31.9 Å². The van der Waals surface area contributed by atoms with Crippen molar-refractivity contribution in [3.05, 3.63) is 46.1 Å². The third-order valence-electron chi connectivity index (χ3n) is 6.42. The number of thiophene rings is 1. The molecular formula is C24H28FN3O6S2. The van der Waals surface area contributed by atoms with Gasteiger partial charge in [-0.1, -0.05) is 0 Å². The maximum Gasteiger partial charge on any atom is 0.341 e. The van der Waals surface area contributed by atoms with Crippen LogP contribution in [0.1, 0.15) is 47.5 Å². The Morgan fingerprint density at radius 2 is 1.92 bits per heavy atom. The highest BCUT2D eigenvalue weighted by atomic mass is 32.2. The van der Waals surface area contributed by atoms with Crippen molar-refractivity contribution >= 4 is 44.1 Å². The normalized spacial score (nSPS) is 18.4. The van der Waals surface area contributed by atoms with Crippen LogP contribution in [0.3, 0.4) is 0 Å². The zero-order chi connectivity index (χ0) is 26.0. The molecule has 0 saturated carbocycles. The average Bonchev–Trinajstić information content (AvgIpc) is 3.21. The predicted molar refractivity (Wildman–Crippen MR) is 132 cm³/mol. The Bertz CT molecular complexity index is 1280. The summed E-state index contributed by atoms with van der Waals surface area (Å²) in [5.74, 6) is -2.15. The highest BCUT2D eigenvalue weighted by Gasteiger charge is 2.35. The number of piperidine rings is 1. The van der Waals surface area contributed by atoms with Gasteiger partial charge in [-0.05, 0) is 56.0 Å². The summed E-state index contributed by atoms with van der Waals surface area (Å²) in [4.78, 5) is 40.3. The summed E-state index contributed by atoms with van der Waals surface area (Å²) in [5, 5.41) is 3.20. The number of anilines is 1. The van der Waals surface area contributed by atoms with Crippen LogP contribution in [0.15, 0.2) is 29.2 Å². The molecule has 36 heavy (non-hydrogen) atoms. The zero-order valence-corrected chi connectivity index (χ0v) is 21.7. The fourth-order valence-electron chi connectivity index (χ4n) is 4.52. The van der Waals surface area contributed by atoms with Gasteiger partial charge in [-0.25, -0.2) is 17.6 Å².